The molecule has 0 bridgehead atoms. The molecule has 0 aromatic heterocycles. The Labute approximate surface area is 68.1 Å². The van der Waals surface area contributed by atoms with Crippen molar-refractivity contribution < 1.29 is 5.11 Å². The maximum atomic E-state index is 9.00. The van der Waals surface area contributed by atoms with E-state index < -0.39 is 0 Å². The van der Waals surface area contributed by atoms with E-state index in [1.54, 1.807) is 0 Å². The topological polar surface area (TPSA) is 20.2 Å². The highest BCUT2D eigenvalue weighted by atomic mass is 16.3. The van der Waals surface area contributed by atoms with Crippen LogP contribution in [0.15, 0.2) is 12.2 Å². The lowest BCUT2D eigenvalue weighted by Gasteiger charge is -2.25. The molecule has 62 valence electrons. The molecule has 0 radical (unpaired) electrons. The van der Waals surface area contributed by atoms with E-state index in [1.165, 1.54) is 37.7 Å². The summed E-state index contributed by atoms with van der Waals surface area (Å²) in [5.41, 5.74) is 1.83. The summed E-state index contributed by atoms with van der Waals surface area (Å²) >= 11 is 0. The lowest BCUT2D eigenvalue weighted by atomic mass is 9.80. The van der Waals surface area contributed by atoms with Crippen LogP contribution in [0.4, 0.5) is 0 Å². The summed E-state index contributed by atoms with van der Waals surface area (Å²) in [6.45, 7) is 4.49. The molecule has 1 spiro atoms. The molecule has 0 aliphatic heterocycles. The first kappa shape index (κ1) is 7.35. The van der Waals surface area contributed by atoms with Crippen LogP contribution in [0, 0.1) is 11.3 Å². The predicted molar refractivity (Wildman–Crippen MR) is 45.2 cm³/mol. The Bertz CT molecular complexity index is 185. The highest BCUT2D eigenvalue weighted by molar-refractivity contribution is 5.24. The summed E-state index contributed by atoms with van der Waals surface area (Å²) in [5.74, 6) is 0.565. The molecule has 2 fully saturated rings. The molecule has 2 aliphatic rings. The lowest BCUT2D eigenvalue weighted by molar-refractivity contribution is 0.246. The minimum atomic E-state index is 0.374. The van der Waals surface area contributed by atoms with Crippen molar-refractivity contribution >= 4 is 0 Å². The highest BCUT2D eigenvalue weighted by Crippen LogP contribution is 2.63. The summed E-state index contributed by atoms with van der Waals surface area (Å²) in [4.78, 5) is 0. The molecule has 1 nitrogen and oxygen atoms in total. The van der Waals surface area contributed by atoms with E-state index in [0.29, 0.717) is 17.9 Å². The Morgan fingerprint density at radius 3 is 2.91 bits per heavy atom. The van der Waals surface area contributed by atoms with Gasteiger partial charge in [-0.15, -0.1) is 0 Å². The van der Waals surface area contributed by atoms with Gasteiger partial charge in [-0.2, -0.15) is 0 Å². The average molecular weight is 152 g/mol. The first-order valence-corrected chi connectivity index (χ1v) is 4.59. The Kier molecular flexibility index (Phi) is 1.57. The van der Waals surface area contributed by atoms with E-state index in [4.69, 9.17) is 5.11 Å². The van der Waals surface area contributed by atoms with Gasteiger partial charge in [0, 0.05) is 6.61 Å². The zero-order valence-electron chi connectivity index (χ0n) is 6.97. The molecular weight excluding hydrogens is 136 g/mol. The van der Waals surface area contributed by atoms with Gasteiger partial charge < -0.3 is 5.11 Å². The third-order valence-electron chi connectivity index (χ3n) is 3.51. The zero-order chi connectivity index (χ0) is 7.90. The number of hydrogen-bond donors (Lipinski definition) is 1. The maximum absolute atomic E-state index is 9.00. The van der Waals surface area contributed by atoms with Gasteiger partial charge in [0.15, 0.2) is 0 Å². The summed E-state index contributed by atoms with van der Waals surface area (Å²) in [6.07, 6.45) is 6.37. The van der Waals surface area contributed by atoms with Gasteiger partial charge in [-0.05, 0) is 37.0 Å². The number of aliphatic hydroxyl groups is 1. The first-order valence-electron chi connectivity index (χ1n) is 4.59. The molecule has 1 heteroatoms. The number of aliphatic hydroxyl groups excluding tert-OH is 1. The monoisotopic (exact) mass is 152 g/mol. The van der Waals surface area contributed by atoms with Crippen LogP contribution in [-0.2, 0) is 0 Å². The second-order valence-electron chi connectivity index (χ2n) is 4.05. The molecule has 0 amide bonds. The molecule has 1 N–H and O–H groups in total. The van der Waals surface area contributed by atoms with Crippen molar-refractivity contribution in [2.24, 2.45) is 11.3 Å². The zero-order valence-corrected chi connectivity index (χ0v) is 6.97. The molecule has 2 unspecified atom stereocenters. The molecule has 11 heavy (non-hydrogen) atoms. The van der Waals surface area contributed by atoms with Crippen molar-refractivity contribution in [3.8, 4) is 0 Å². The Balaban J connectivity index is 2.07. The average Bonchev–Trinajstić information content (AvgIpc) is 2.72. The minimum Gasteiger partial charge on any atom is -0.396 e. The van der Waals surface area contributed by atoms with Crippen molar-refractivity contribution in [1.29, 1.82) is 0 Å². The van der Waals surface area contributed by atoms with Crippen molar-refractivity contribution in [2.75, 3.05) is 6.61 Å². The van der Waals surface area contributed by atoms with Crippen molar-refractivity contribution in [3.05, 3.63) is 12.2 Å². The molecule has 0 aromatic carbocycles. The smallest absolute Gasteiger partial charge is 0.0468 e. The Morgan fingerprint density at radius 1 is 1.55 bits per heavy atom. The van der Waals surface area contributed by atoms with Gasteiger partial charge >= 0.3 is 0 Å². The van der Waals surface area contributed by atoms with E-state index in [2.05, 4.69) is 6.58 Å². The summed E-state index contributed by atoms with van der Waals surface area (Å²) in [6, 6.07) is 0. The van der Waals surface area contributed by atoms with Crippen LogP contribution >= 0.6 is 0 Å². The molecule has 2 saturated carbocycles. The molecule has 0 aromatic rings. The normalized spacial score (nSPS) is 43.0. The Hall–Kier alpha value is -0.300. The molecule has 0 saturated heterocycles. The molecule has 2 aliphatic carbocycles. The third-order valence-corrected chi connectivity index (χ3v) is 3.51. The summed E-state index contributed by atoms with van der Waals surface area (Å²) < 4.78 is 0. The lowest BCUT2D eigenvalue weighted by Crippen LogP contribution is -2.13. The molecular formula is C10H16O. The van der Waals surface area contributed by atoms with Crippen LogP contribution in [0.5, 0.6) is 0 Å². The van der Waals surface area contributed by atoms with Crippen LogP contribution in [0.3, 0.4) is 0 Å². The van der Waals surface area contributed by atoms with Gasteiger partial charge in [-0.1, -0.05) is 18.6 Å². The first-order chi connectivity index (χ1) is 5.29. The molecule has 2 atom stereocenters. The van der Waals surface area contributed by atoms with Crippen molar-refractivity contribution in [3.63, 3.8) is 0 Å². The third kappa shape index (κ3) is 0.943. The fourth-order valence-electron chi connectivity index (χ4n) is 2.56. The molecule has 0 heterocycles. The largest absolute Gasteiger partial charge is 0.396 e. The maximum Gasteiger partial charge on any atom is 0.0468 e. The highest BCUT2D eigenvalue weighted by Gasteiger charge is 2.55. The fraction of sp³-hybridized carbons (Fsp3) is 0.800. The van der Waals surface area contributed by atoms with Crippen LogP contribution < -0.4 is 0 Å². The van der Waals surface area contributed by atoms with Crippen LogP contribution in [0.1, 0.15) is 32.1 Å². The van der Waals surface area contributed by atoms with E-state index >= 15 is 0 Å². The van der Waals surface area contributed by atoms with E-state index in [0.717, 1.165) is 0 Å². The van der Waals surface area contributed by atoms with Crippen LogP contribution in [-0.4, -0.2) is 11.7 Å². The van der Waals surface area contributed by atoms with E-state index in [-0.39, 0.29) is 0 Å². The van der Waals surface area contributed by atoms with Crippen LogP contribution in [0.25, 0.3) is 0 Å². The predicted octanol–water partition coefficient (Wildman–Crippen LogP) is 2.12. The van der Waals surface area contributed by atoms with Gasteiger partial charge in [0.25, 0.3) is 0 Å². The fourth-order valence-corrected chi connectivity index (χ4v) is 2.56. The van der Waals surface area contributed by atoms with Gasteiger partial charge in [-0.3, -0.25) is 0 Å². The van der Waals surface area contributed by atoms with Gasteiger partial charge in [0.1, 0.15) is 0 Å². The Morgan fingerprint density at radius 2 is 2.36 bits per heavy atom. The number of rotatable bonds is 1. The van der Waals surface area contributed by atoms with Gasteiger partial charge in [0.2, 0.25) is 0 Å². The summed E-state index contributed by atoms with van der Waals surface area (Å²) in [5, 5.41) is 9.00. The SMILES string of the molecule is C=C1CCCCC12CC2CO. The van der Waals surface area contributed by atoms with Crippen molar-refractivity contribution in [1.82, 2.24) is 0 Å². The molecule has 2 rings (SSSR count). The second kappa shape index (κ2) is 2.34. The van der Waals surface area contributed by atoms with Gasteiger partial charge in [0.05, 0.1) is 0 Å². The number of allylic oxidation sites excluding steroid dienone is 1. The minimum absolute atomic E-state index is 0.374. The number of hydrogen-bond acceptors (Lipinski definition) is 1. The van der Waals surface area contributed by atoms with Crippen molar-refractivity contribution in [2.45, 2.75) is 32.1 Å². The van der Waals surface area contributed by atoms with E-state index in [1.807, 2.05) is 0 Å². The second-order valence-corrected chi connectivity index (χ2v) is 4.05. The quantitative estimate of drug-likeness (QED) is 0.570. The van der Waals surface area contributed by atoms with Crippen LogP contribution in [0.2, 0.25) is 0 Å². The van der Waals surface area contributed by atoms with Gasteiger partial charge in [-0.25, -0.2) is 0 Å². The van der Waals surface area contributed by atoms with E-state index in [9.17, 15) is 0 Å². The summed E-state index contributed by atoms with van der Waals surface area (Å²) in [7, 11) is 0. The standard InChI is InChI=1S/C10H16O/c1-8-4-2-3-5-10(8)6-9(10)7-11/h9,11H,1-7H2.